The number of nitrogens with one attached hydrogen (secondary N) is 2. The molecule has 0 fully saturated rings. The molecule has 0 unspecified atom stereocenters. The summed E-state index contributed by atoms with van der Waals surface area (Å²) in [5.41, 5.74) is 3.82. The maximum Gasteiger partial charge on any atom is 0.303 e. The lowest BCUT2D eigenvalue weighted by Gasteiger charge is -2.04. The van der Waals surface area contributed by atoms with Gasteiger partial charge in [-0.1, -0.05) is 40.2 Å². The van der Waals surface area contributed by atoms with Crippen molar-refractivity contribution in [1.29, 1.82) is 0 Å². The van der Waals surface area contributed by atoms with Crippen molar-refractivity contribution in [1.82, 2.24) is 9.97 Å². The topological polar surface area (TPSA) is 78.0 Å². The fourth-order valence-electron chi connectivity index (χ4n) is 2.15. The van der Waals surface area contributed by atoms with Crippen molar-refractivity contribution >= 4 is 44.6 Å². The van der Waals surface area contributed by atoms with Crippen LogP contribution in [0.4, 0.5) is 11.6 Å². The number of nitrogens with zero attached hydrogens (tertiary/aromatic N) is 1. The maximum absolute atomic E-state index is 10.5. The number of halogens is 1. The molecule has 0 radical (unpaired) electrons. The van der Waals surface area contributed by atoms with Crippen molar-refractivity contribution in [2.75, 3.05) is 11.1 Å². The van der Waals surface area contributed by atoms with Crippen LogP contribution in [0.3, 0.4) is 0 Å². The van der Waals surface area contributed by atoms with E-state index < -0.39 is 5.97 Å². The van der Waals surface area contributed by atoms with E-state index in [0.29, 0.717) is 12.4 Å². The van der Waals surface area contributed by atoms with Crippen LogP contribution in [0.2, 0.25) is 0 Å². The van der Waals surface area contributed by atoms with Gasteiger partial charge in [0.1, 0.15) is 0 Å². The number of aliphatic carboxylic acids is 1. The summed E-state index contributed by atoms with van der Waals surface area (Å²) in [5.74, 6) is 1.72. The third kappa shape index (κ3) is 4.82. The summed E-state index contributed by atoms with van der Waals surface area (Å²) in [6.45, 7) is 0. The normalized spacial score (nSPS) is 10.0. The predicted molar refractivity (Wildman–Crippen MR) is 96.6 cm³/mol. The van der Waals surface area contributed by atoms with Gasteiger partial charge in [-0.25, -0.2) is 4.98 Å². The van der Waals surface area contributed by atoms with E-state index in [1.165, 1.54) is 0 Å². The third-order valence-electron chi connectivity index (χ3n) is 3.23. The number of fused-ring (bicyclic) bond motifs is 1. The number of anilines is 2. The van der Waals surface area contributed by atoms with Crippen LogP contribution in [0.1, 0.15) is 12.0 Å². The van der Waals surface area contributed by atoms with Gasteiger partial charge in [0.15, 0.2) is 0 Å². The highest BCUT2D eigenvalue weighted by molar-refractivity contribution is 9.08. The molecule has 0 amide bonds. The number of imidazole rings is 1. The molecular formula is C17H18BrN3O2. The lowest BCUT2D eigenvalue weighted by atomic mass is 10.1. The van der Waals surface area contributed by atoms with Crippen molar-refractivity contribution in [3.8, 4) is 0 Å². The fourth-order valence-corrected chi connectivity index (χ4v) is 2.15. The van der Waals surface area contributed by atoms with Crippen LogP contribution in [0, 0.1) is 0 Å². The van der Waals surface area contributed by atoms with Crippen molar-refractivity contribution < 1.29 is 9.90 Å². The van der Waals surface area contributed by atoms with Gasteiger partial charge in [-0.15, -0.1) is 0 Å². The minimum Gasteiger partial charge on any atom is -0.481 e. The second-order valence-electron chi connectivity index (χ2n) is 4.82. The number of carboxylic acid groups (broad SMARTS) is 1. The molecule has 2 aromatic carbocycles. The van der Waals surface area contributed by atoms with Crippen LogP contribution < -0.4 is 5.32 Å². The summed E-state index contributed by atoms with van der Waals surface area (Å²) >= 11 is 2.94. The molecule has 120 valence electrons. The first kappa shape index (κ1) is 17.0. The van der Waals surface area contributed by atoms with Crippen LogP contribution in [-0.2, 0) is 11.2 Å². The van der Waals surface area contributed by atoms with Gasteiger partial charge in [0, 0.05) is 12.1 Å². The van der Waals surface area contributed by atoms with Gasteiger partial charge in [-0.2, -0.15) is 0 Å². The van der Waals surface area contributed by atoms with Gasteiger partial charge < -0.3 is 15.4 Å². The van der Waals surface area contributed by atoms with Crippen LogP contribution in [0.5, 0.6) is 0 Å². The Morgan fingerprint density at radius 3 is 2.52 bits per heavy atom. The molecule has 1 aromatic heterocycles. The molecule has 23 heavy (non-hydrogen) atoms. The minimum absolute atomic E-state index is 0.149. The van der Waals surface area contributed by atoms with Gasteiger partial charge in [0.2, 0.25) is 5.95 Å². The van der Waals surface area contributed by atoms with E-state index >= 15 is 0 Å². The summed E-state index contributed by atoms with van der Waals surface area (Å²) < 4.78 is 0. The quantitative estimate of drug-likeness (QED) is 0.579. The average molecular weight is 376 g/mol. The molecule has 3 rings (SSSR count). The fraction of sp³-hybridized carbons (Fsp3) is 0.176. The zero-order chi connectivity index (χ0) is 16.7. The van der Waals surface area contributed by atoms with E-state index in [1.54, 1.807) is 0 Å². The second kappa shape index (κ2) is 8.33. The predicted octanol–water partition coefficient (Wildman–Crippen LogP) is 4.33. The van der Waals surface area contributed by atoms with Gasteiger partial charge >= 0.3 is 5.97 Å². The Kier molecular flexibility index (Phi) is 6.17. The zero-order valence-electron chi connectivity index (χ0n) is 12.7. The monoisotopic (exact) mass is 375 g/mol. The van der Waals surface area contributed by atoms with Crippen molar-refractivity contribution in [2.45, 2.75) is 12.8 Å². The van der Waals surface area contributed by atoms with Crippen LogP contribution in [0.25, 0.3) is 11.0 Å². The molecule has 3 aromatic rings. The Balaban J connectivity index is 0.000000924. The van der Waals surface area contributed by atoms with Crippen LogP contribution in [-0.4, -0.2) is 26.9 Å². The van der Waals surface area contributed by atoms with E-state index in [0.717, 1.165) is 22.3 Å². The standard InChI is InChI=1S/C16H15N3O2.CH3Br/c20-15(21)10-7-11-5-8-12(9-6-11)17-16-18-13-3-1-2-4-14(13)19-16;1-2/h1-6,8-9H,7,10H2,(H,20,21)(H2,17,18,19);1H3. The molecule has 5 nitrogen and oxygen atoms in total. The molecule has 0 saturated heterocycles. The number of para-hydroxylation sites is 2. The number of aromatic nitrogens is 2. The summed E-state index contributed by atoms with van der Waals surface area (Å²) in [6.07, 6.45) is 0.691. The second-order valence-corrected chi connectivity index (χ2v) is 4.82. The Labute approximate surface area is 142 Å². The molecule has 0 aliphatic heterocycles. The Hall–Kier alpha value is -2.34. The zero-order valence-corrected chi connectivity index (χ0v) is 14.3. The Morgan fingerprint density at radius 2 is 1.87 bits per heavy atom. The molecule has 0 spiro atoms. The Bertz CT molecular complexity index is 736. The number of benzene rings is 2. The van der Waals surface area contributed by atoms with E-state index in [1.807, 2.05) is 54.4 Å². The third-order valence-corrected chi connectivity index (χ3v) is 3.23. The smallest absolute Gasteiger partial charge is 0.303 e. The largest absolute Gasteiger partial charge is 0.481 e. The SMILES string of the molecule is CBr.O=C(O)CCc1ccc(Nc2nc3ccccc3[nH]2)cc1. The number of carboxylic acids is 1. The highest BCUT2D eigenvalue weighted by Gasteiger charge is 2.03. The van der Waals surface area contributed by atoms with Gasteiger partial charge in [0.25, 0.3) is 0 Å². The van der Waals surface area contributed by atoms with Gasteiger partial charge in [0.05, 0.1) is 11.0 Å². The summed E-state index contributed by atoms with van der Waals surface area (Å²) in [7, 11) is 0. The molecule has 0 aliphatic rings. The van der Waals surface area contributed by atoms with Crippen LogP contribution >= 0.6 is 15.9 Å². The number of aromatic amines is 1. The average Bonchev–Trinajstić information content (AvgIpc) is 2.98. The highest BCUT2D eigenvalue weighted by Crippen LogP contribution is 2.18. The summed E-state index contributed by atoms with van der Waals surface area (Å²) in [6, 6.07) is 15.5. The first-order valence-corrected chi connectivity index (χ1v) is 8.69. The number of carbonyl (C=O) groups is 1. The number of H-pyrrole nitrogens is 1. The van der Waals surface area contributed by atoms with E-state index in [9.17, 15) is 4.79 Å². The number of hydrogen-bond donors (Lipinski definition) is 3. The summed E-state index contributed by atoms with van der Waals surface area (Å²) in [5, 5.41) is 11.9. The van der Waals surface area contributed by atoms with E-state index in [-0.39, 0.29) is 6.42 Å². The minimum atomic E-state index is -0.778. The summed E-state index contributed by atoms with van der Waals surface area (Å²) in [4.78, 5) is 18.2. The molecule has 3 N–H and O–H groups in total. The van der Waals surface area contributed by atoms with Crippen molar-refractivity contribution in [3.63, 3.8) is 0 Å². The molecule has 0 bridgehead atoms. The van der Waals surface area contributed by atoms with Crippen molar-refractivity contribution in [2.24, 2.45) is 0 Å². The van der Waals surface area contributed by atoms with Gasteiger partial charge in [-0.3, -0.25) is 4.79 Å². The lowest BCUT2D eigenvalue weighted by Crippen LogP contribution is -1.97. The molecule has 0 atom stereocenters. The molecule has 0 saturated carbocycles. The van der Waals surface area contributed by atoms with Crippen molar-refractivity contribution in [3.05, 3.63) is 54.1 Å². The molecule has 1 heterocycles. The molecule has 6 heteroatoms. The number of hydrogen-bond acceptors (Lipinski definition) is 3. The van der Waals surface area contributed by atoms with Gasteiger partial charge in [-0.05, 0) is 42.1 Å². The Morgan fingerprint density at radius 1 is 1.17 bits per heavy atom. The maximum atomic E-state index is 10.5. The van der Waals surface area contributed by atoms with E-state index in [4.69, 9.17) is 5.11 Å². The molecule has 0 aliphatic carbocycles. The number of rotatable bonds is 5. The number of alkyl halides is 1. The lowest BCUT2D eigenvalue weighted by molar-refractivity contribution is -0.136. The molecular weight excluding hydrogens is 358 g/mol. The first-order valence-electron chi connectivity index (χ1n) is 7.11. The highest BCUT2D eigenvalue weighted by atomic mass is 79.9. The first-order chi connectivity index (χ1) is 11.2. The number of aryl methyl sites for hydroxylation is 1. The van der Waals surface area contributed by atoms with Crippen LogP contribution in [0.15, 0.2) is 48.5 Å². The van der Waals surface area contributed by atoms with E-state index in [2.05, 4.69) is 31.2 Å².